The summed E-state index contributed by atoms with van der Waals surface area (Å²) in [6.45, 7) is 9.04. The first-order valence-electron chi connectivity index (χ1n) is 12.3. The van der Waals surface area contributed by atoms with E-state index < -0.39 is 0 Å². The van der Waals surface area contributed by atoms with E-state index in [1.807, 2.05) is 26.0 Å². The van der Waals surface area contributed by atoms with Gasteiger partial charge in [-0.3, -0.25) is 0 Å². The number of ether oxygens (including phenoxy) is 1. The summed E-state index contributed by atoms with van der Waals surface area (Å²) in [5.41, 5.74) is 2.16. The second kappa shape index (κ2) is 18.1. The zero-order valence-corrected chi connectivity index (χ0v) is 20.2. The highest BCUT2D eigenvalue weighted by Crippen LogP contribution is 2.25. The van der Waals surface area contributed by atoms with Gasteiger partial charge in [-0.2, -0.15) is 0 Å². The number of hydrogen-bond donors (Lipinski definition) is 1. The van der Waals surface area contributed by atoms with Crippen LogP contribution in [-0.2, 0) is 0 Å². The summed E-state index contributed by atoms with van der Waals surface area (Å²) < 4.78 is 5.83. The second-order valence-electron chi connectivity index (χ2n) is 8.57. The molecule has 0 heterocycles. The normalized spacial score (nSPS) is 11.2. The molecule has 0 spiro atoms. The summed E-state index contributed by atoms with van der Waals surface area (Å²) >= 11 is 6.19. The molecule has 0 amide bonds. The molecule has 2 nitrogen and oxygen atoms in total. The minimum atomic E-state index is 0.707. The van der Waals surface area contributed by atoms with Crippen LogP contribution < -0.4 is 10.1 Å². The molecule has 0 aromatic heterocycles. The number of benzene rings is 1. The van der Waals surface area contributed by atoms with E-state index in [4.69, 9.17) is 16.3 Å². The van der Waals surface area contributed by atoms with Crippen molar-refractivity contribution in [2.45, 2.75) is 111 Å². The highest BCUT2D eigenvalue weighted by molar-refractivity contribution is 6.32. The number of aryl methyl sites for hydroxylation is 2. The predicted molar refractivity (Wildman–Crippen MR) is 130 cm³/mol. The van der Waals surface area contributed by atoms with Crippen LogP contribution in [0.2, 0.25) is 5.02 Å². The maximum atomic E-state index is 6.19. The molecule has 0 aliphatic heterocycles. The Morgan fingerprint density at radius 1 is 0.690 bits per heavy atom. The summed E-state index contributed by atoms with van der Waals surface area (Å²) in [6, 6.07) is 4.03. The van der Waals surface area contributed by atoms with Gasteiger partial charge in [-0.1, -0.05) is 102 Å². The molecule has 0 aliphatic rings. The van der Waals surface area contributed by atoms with Crippen LogP contribution in [0.4, 0.5) is 0 Å². The van der Waals surface area contributed by atoms with Gasteiger partial charge < -0.3 is 10.1 Å². The third kappa shape index (κ3) is 14.0. The first-order chi connectivity index (χ1) is 14.1. The SMILES string of the molecule is CCCCCCCCCCCCCCCCNCCOc1cc(C)c(Cl)c(C)c1. The lowest BCUT2D eigenvalue weighted by atomic mass is 10.0. The molecule has 0 bridgehead atoms. The van der Waals surface area contributed by atoms with Crippen molar-refractivity contribution in [3.8, 4) is 5.75 Å². The Kier molecular flexibility index (Phi) is 16.4. The fourth-order valence-electron chi connectivity index (χ4n) is 3.80. The van der Waals surface area contributed by atoms with Crippen LogP contribution in [0.3, 0.4) is 0 Å². The monoisotopic (exact) mass is 423 g/mol. The Bertz CT molecular complexity index is 494. The van der Waals surface area contributed by atoms with Crippen LogP contribution >= 0.6 is 11.6 Å². The Morgan fingerprint density at radius 3 is 1.62 bits per heavy atom. The van der Waals surface area contributed by atoms with Gasteiger partial charge in [0.05, 0.1) is 0 Å². The quantitative estimate of drug-likeness (QED) is 0.225. The largest absolute Gasteiger partial charge is 0.492 e. The number of unbranched alkanes of at least 4 members (excludes halogenated alkanes) is 13. The van der Waals surface area contributed by atoms with Crippen LogP contribution in [-0.4, -0.2) is 19.7 Å². The minimum Gasteiger partial charge on any atom is -0.492 e. The minimum absolute atomic E-state index is 0.707. The van der Waals surface area contributed by atoms with Gasteiger partial charge in [-0.15, -0.1) is 0 Å². The Labute approximate surface area is 186 Å². The molecule has 29 heavy (non-hydrogen) atoms. The fourth-order valence-corrected chi connectivity index (χ4v) is 3.91. The van der Waals surface area contributed by atoms with E-state index in [-0.39, 0.29) is 0 Å². The highest BCUT2D eigenvalue weighted by Gasteiger charge is 2.03. The van der Waals surface area contributed by atoms with Crippen molar-refractivity contribution < 1.29 is 4.74 Å². The van der Waals surface area contributed by atoms with E-state index >= 15 is 0 Å². The van der Waals surface area contributed by atoms with Crippen molar-refractivity contribution in [3.05, 3.63) is 28.3 Å². The molecule has 0 aliphatic carbocycles. The van der Waals surface area contributed by atoms with Crippen molar-refractivity contribution in [2.24, 2.45) is 0 Å². The molecule has 0 saturated carbocycles. The highest BCUT2D eigenvalue weighted by atomic mass is 35.5. The van der Waals surface area contributed by atoms with E-state index in [1.165, 1.54) is 89.9 Å². The van der Waals surface area contributed by atoms with Gasteiger partial charge in [0.1, 0.15) is 12.4 Å². The van der Waals surface area contributed by atoms with Gasteiger partial charge in [-0.25, -0.2) is 0 Å². The Balaban J connectivity index is 1.80. The summed E-state index contributed by atoms with van der Waals surface area (Å²) in [4.78, 5) is 0. The Hall–Kier alpha value is -0.730. The third-order valence-corrected chi connectivity index (χ3v) is 6.26. The molecule has 0 atom stereocenters. The lowest BCUT2D eigenvalue weighted by Gasteiger charge is -2.10. The molecule has 168 valence electrons. The standard InChI is InChI=1S/C26H46ClNO/c1-4-5-6-7-8-9-10-11-12-13-14-15-16-17-18-28-19-20-29-25-21-23(2)26(27)24(3)22-25/h21-22,28H,4-20H2,1-3H3. The number of halogens is 1. The zero-order chi connectivity index (χ0) is 21.2. The van der Waals surface area contributed by atoms with Crippen LogP contribution in [0, 0.1) is 13.8 Å². The molecular weight excluding hydrogens is 378 g/mol. The van der Waals surface area contributed by atoms with E-state index in [0.29, 0.717) is 6.61 Å². The van der Waals surface area contributed by atoms with Crippen LogP contribution in [0.5, 0.6) is 5.75 Å². The molecule has 0 radical (unpaired) electrons. The first-order valence-corrected chi connectivity index (χ1v) is 12.6. The van der Waals surface area contributed by atoms with Crippen LogP contribution in [0.25, 0.3) is 0 Å². The average Bonchev–Trinajstić information content (AvgIpc) is 2.71. The van der Waals surface area contributed by atoms with Gasteiger partial charge >= 0.3 is 0 Å². The van der Waals surface area contributed by atoms with E-state index in [9.17, 15) is 0 Å². The number of hydrogen-bond acceptors (Lipinski definition) is 2. The third-order valence-electron chi connectivity index (χ3n) is 5.66. The van der Waals surface area contributed by atoms with Gasteiger partial charge in [-0.05, 0) is 50.1 Å². The smallest absolute Gasteiger partial charge is 0.119 e. The van der Waals surface area contributed by atoms with E-state index in [1.54, 1.807) is 0 Å². The zero-order valence-electron chi connectivity index (χ0n) is 19.5. The molecule has 0 saturated heterocycles. The number of nitrogens with one attached hydrogen (secondary N) is 1. The fraction of sp³-hybridized carbons (Fsp3) is 0.769. The van der Waals surface area contributed by atoms with Gasteiger partial charge in [0, 0.05) is 11.6 Å². The molecule has 0 fully saturated rings. The van der Waals surface area contributed by atoms with Crippen LogP contribution in [0.1, 0.15) is 108 Å². The topological polar surface area (TPSA) is 21.3 Å². The molecular formula is C26H46ClNO. The van der Waals surface area contributed by atoms with Gasteiger partial charge in [0.25, 0.3) is 0 Å². The molecule has 0 unspecified atom stereocenters. The second-order valence-corrected chi connectivity index (χ2v) is 8.94. The molecule has 3 heteroatoms. The lowest BCUT2D eigenvalue weighted by molar-refractivity contribution is 0.313. The maximum absolute atomic E-state index is 6.19. The van der Waals surface area contributed by atoms with E-state index in [2.05, 4.69) is 12.2 Å². The Morgan fingerprint density at radius 2 is 1.14 bits per heavy atom. The molecule has 1 aromatic carbocycles. The van der Waals surface area contributed by atoms with Crippen molar-refractivity contribution in [1.29, 1.82) is 0 Å². The molecule has 1 rings (SSSR count). The van der Waals surface area contributed by atoms with Crippen molar-refractivity contribution >= 4 is 11.6 Å². The van der Waals surface area contributed by atoms with Crippen molar-refractivity contribution in [3.63, 3.8) is 0 Å². The lowest BCUT2D eigenvalue weighted by Crippen LogP contribution is -2.22. The molecule has 1 aromatic rings. The summed E-state index contributed by atoms with van der Waals surface area (Å²) in [6.07, 6.45) is 19.8. The van der Waals surface area contributed by atoms with Crippen molar-refractivity contribution in [2.75, 3.05) is 19.7 Å². The average molecular weight is 424 g/mol. The first kappa shape index (κ1) is 26.3. The van der Waals surface area contributed by atoms with Gasteiger partial charge in [0.15, 0.2) is 0 Å². The maximum Gasteiger partial charge on any atom is 0.119 e. The predicted octanol–water partition coefficient (Wildman–Crippen LogP) is 8.41. The molecule has 1 N–H and O–H groups in total. The number of rotatable bonds is 19. The summed E-state index contributed by atoms with van der Waals surface area (Å²) in [5, 5.41) is 4.33. The van der Waals surface area contributed by atoms with Gasteiger partial charge in [0.2, 0.25) is 0 Å². The summed E-state index contributed by atoms with van der Waals surface area (Å²) in [7, 11) is 0. The van der Waals surface area contributed by atoms with E-state index in [0.717, 1.165) is 35.0 Å². The van der Waals surface area contributed by atoms with Crippen molar-refractivity contribution in [1.82, 2.24) is 5.32 Å². The van der Waals surface area contributed by atoms with Crippen LogP contribution in [0.15, 0.2) is 12.1 Å². The summed E-state index contributed by atoms with van der Waals surface area (Å²) in [5.74, 6) is 0.919.